The molecular formula is C24H29N3O3. The summed E-state index contributed by atoms with van der Waals surface area (Å²) in [5.41, 5.74) is 2.16. The fourth-order valence-electron chi connectivity index (χ4n) is 4.50. The molecule has 158 valence electrons. The van der Waals surface area contributed by atoms with Crippen molar-refractivity contribution in [1.82, 2.24) is 9.80 Å². The molecule has 0 spiro atoms. The number of carbonyl (C=O) groups is 2. The van der Waals surface area contributed by atoms with E-state index in [9.17, 15) is 9.59 Å². The molecule has 2 amide bonds. The van der Waals surface area contributed by atoms with Gasteiger partial charge in [0.15, 0.2) is 0 Å². The zero-order valence-corrected chi connectivity index (χ0v) is 17.7. The summed E-state index contributed by atoms with van der Waals surface area (Å²) in [4.78, 5) is 31.8. The van der Waals surface area contributed by atoms with Crippen LogP contribution in [0, 0.1) is 5.92 Å². The van der Waals surface area contributed by atoms with Gasteiger partial charge in [0.25, 0.3) is 0 Å². The van der Waals surface area contributed by atoms with Crippen LogP contribution in [-0.2, 0) is 9.59 Å². The normalized spacial score (nSPS) is 20.4. The van der Waals surface area contributed by atoms with Crippen LogP contribution in [0.1, 0.15) is 24.9 Å². The highest BCUT2D eigenvalue weighted by atomic mass is 16.5. The van der Waals surface area contributed by atoms with Gasteiger partial charge < -0.3 is 19.4 Å². The minimum atomic E-state index is -0.249. The van der Waals surface area contributed by atoms with E-state index in [0.717, 1.165) is 30.1 Å². The Morgan fingerprint density at radius 2 is 1.67 bits per heavy atom. The second-order valence-corrected chi connectivity index (χ2v) is 8.02. The Bertz CT molecular complexity index is 894. The molecule has 0 N–H and O–H groups in total. The van der Waals surface area contributed by atoms with E-state index in [1.165, 1.54) is 0 Å². The van der Waals surface area contributed by atoms with Crippen LogP contribution in [0.5, 0.6) is 5.75 Å². The molecular weight excluding hydrogens is 378 g/mol. The van der Waals surface area contributed by atoms with E-state index in [1.807, 2.05) is 65.3 Å². The fourth-order valence-corrected chi connectivity index (χ4v) is 4.50. The molecule has 2 fully saturated rings. The Morgan fingerprint density at radius 3 is 2.37 bits per heavy atom. The topological polar surface area (TPSA) is 53.1 Å². The van der Waals surface area contributed by atoms with Gasteiger partial charge in [-0.3, -0.25) is 9.59 Å². The summed E-state index contributed by atoms with van der Waals surface area (Å²) in [6.07, 6.45) is 0.308. The summed E-state index contributed by atoms with van der Waals surface area (Å²) in [6, 6.07) is 18.0. The van der Waals surface area contributed by atoms with Gasteiger partial charge in [0.05, 0.1) is 24.8 Å². The van der Waals surface area contributed by atoms with Gasteiger partial charge in [-0.25, -0.2) is 0 Å². The van der Waals surface area contributed by atoms with Crippen LogP contribution in [0.25, 0.3) is 0 Å². The summed E-state index contributed by atoms with van der Waals surface area (Å²) in [7, 11) is 1.68. The number of piperazine rings is 1. The molecule has 0 radical (unpaired) electrons. The molecule has 2 heterocycles. The number of nitrogens with zero attached hydrogens (tertiary/aromatic N) is 3. The first-order valence-corrected chi connectivity index (χ1v) is 10.6. The lowest BCUT2D eigenvalue weighted by molar-refractivity contribution is -0.136. The van der Waals surface area contributed by atoms with Crippen LogP contribution in [-0.4, -0.2) is 61.4 Å². The van der Waals surface area contributed by atoms with Crippen molar-refractivity contribution in [3.05, 3.63) is 60.2 Å². The Hall–Kier alpha value is -3.02. The third-order valence-corrected chi connectivity index (χ3v) is 6.27. The molecule has 2 aromatic carbocycles. The van der Waals surface area contributed by atoms with E-state index in [-0.39, 0.29) is 23.8 Å². The number of hydrogen-bond donors (Lipinski definition) is 0. The zero-order chi connectivity index (χ0) is 21.1. The number of para-hydroxylation sites is 2. The summed E-state index contributed by atoms with van der Waals surface area (Å²) >= 11 is 0. The quantitative estimate of drug-likeness (QED) is 0.765. The van der Waals surface area contributed by atoms with Gasteiger partial charge in [-0.1, -0.05) is 42.5 Å². The number of ether oxygens (including phenoxy) is 1. The molecule has 0 unspecified atom stereocenters. The van der Waals surface area contributed by atoms with Crippen molar-refractivity contribution < 1.29 is 14.3 Å². The van der Waals surface area contributed by atoms with E-state index in [2.05, 4.69) is 11.0 Å². The number of methoxy groups -OCH3 is 1. The number of carbonyl (C=O) groups excluding carboxylic acids is 2. The fraction of sp³-hybridized carbons (Fsp3) is 0.417. The summed E-state index contributed by atoms with van der Waals surface area (Å²) in [6.45, 7) is 5.38. The molecule has 6 heteroatoms. The van der Waals surface area contributed by atoms with Crippen molar-refractivity contribution in [2.24, 2.45) is 5.92 Å². The van der Waals surface area contributed by atoms with Crippen molar-refractivity contribution >= 4 is 17.5 Å². The molecule has 2 aliphatic rings. The molecule has 0 bridgehead atoms. The predicted molar refractivity (Wildman–Crippen MR) is 116 cm³/mol. The number of likely N-dealkylation sites (tertiary alicyclic amines) is 1. The monoisotopic (exact) mass is 407 g/mol. The van der Waals surface area contributed by atoms with E-state index in [4.69, 9.17) is 4.74 Å². The first-order valence-electron chi connectivity index (χ1n) is 10.6. The van der Waals surface area contributed by atoms with Gasteiger partial charge >= 0.3 is 0 Å². The molecule has 2 aromatic rings. The molecule has 30 heavy (non-hydrogen) atoms. The average molecular weight is 408 g/mol. The smallest absolute Gasteiger partial charge is 0.228 e. The maximum Gasteiger partial charge on any atom is 0.228 e. The second kappa shape index (κ2) is 8.78. The van der Waals surface area contributed by atoms with Crippen molar-refractivity contribution in [2.45, 2.75) is 19.4 Å². The summed E-state index contributed by atoms with van der Waals surface area (Å²) in [5, 5.41) is 0. The number of amides is 2. The van der Waals surface area contributed by atoms with Crippen LogP contribution in [0.3, 0.4) is 0 Å². The highest BCUT2D eigenvalue weighted by molar-refractivity contribution is 5.89. The minimum absolute atomic E-state index is 0.0149. The summed E-state index contributed by atoms with van der Waals surface area (Å²) in [5.74, 6) is 0.772. The van der Waals surface area contributed by atoms with Crippen molar-refractivity contribution in [3.63, 3.8) is 0 Å². The van der Waals surface area contributed by atoms with Gasteiger partial charge in [-0.2, -0.15) is 0 Å². The molecule has 2 aliphatic heterocycles. The van der Waals surface area contributed by atoms with Crippen LogP contribution in [0.2, 0.25) is 0 Å². The van der Waals surface area contributed by atoms with Crippen LogP contribution in [0.4, 0.5) is 5.69 Å². The van der Waals surface area contributed by atoms with E-state index < -0.39 is 0 Å². The predicted octanol–water partition coefficient (Wildman–Crippen LogP) is 2.95. The van der Waals surface area contributed by atoms with E-state index in [0.29, 0.717) is 26.1 Å². The van der Waals surface area contributed by atoms with E-state index in [1.54, 1.807) is 7.11 Å². The molecule has 0 saturated carbocycles. The number of anilines is 1. The minimum Gasteiger partial charge on any atom is -0.495 e. The number of hydrogen-bond acceptors (Lipinski definition) is 4. The Balaban J connectivity index is 1.36. The zero-order valence-electron chi connectivity index (χ0n) is 17.7. The van der Waals surface area contributed by atoms with Crippen molar-refractivity contribution in [1.29, 1.82) is 0 Å². The Morgan fingerprint density at radius 1 is 1.00 bits per heavy atom. The molecule has 6 nitrogen and oxygen atoms in total. The van der Waals surface area contributed by atoms with Crippen molar-refractivity contribution in [3.8, 4) is 5.75 Å². The third kappa shape index (κ3) is 3.99. The maximum atomic E-state index is 13.1. The number of benzene rings is 2. The Kier molecular flexibility index (Phi) is 5.93. The largest absolute Gasteiger partial charge is 0.495 e. The molecule has 4 rings (SSSR count). The lowest BCUT2D eigenvalue weighted by Crippen LogP contribution is -2.50. The molecule has 2 atom stereocenters. The Labute approximate surface area is 178 Å². The van der Waals surface area contributed by atoms with E-state index >= 15 is 0 Å². The second-order valence-electron chi connectivity index (χ2n) is 8.02. The average Bonchev–Trinajstić information content (AvgIpc) is 3.20. The number of rotatable bonds is 5. The molecule has 2 saturated heterocycles. The third-order valence-electron chi connectivity index (χ3n) is 6.27. The lowest BCUT2D eigenvalue weighted by atomic mass is 10.1. The van der Waals surface area contributed by atoms with Crippen LogP contribution >= 0.6 is 0 Å². The first kappa shape index (κ1) is 20.3. The first-order chi connectivity index (χ1) is 14.6. The standard InChI is InChI=1S/C24H29N3O3/c1-18(19-8-4-3-5-9-19)27-17-20(16-23(27)28)24(29)26-14-12-25(13-15-26)21-10-6-7-11-22(21)30-2/h3-11,18,20H,12-17H2,1-2H3/t18-,20-/m0/s1. The SMILES string of the molecule is COc1ccccc1N1CCN(C(=O)[C@H]2CC(=O)N([C@@H](C)c3ccccc3)C2)CC1. The van der Waals surface area contributed by atoms with Crippen molar-refractivity contribution in [2.75, 3.05) is 44.7 Å². The van der Waals surface area contributed by atoms with Gasteiger partial charge in [0, 0.05) is 39.1 Å². The lowest BCUT2D eigenvalue weighted by Gasteiger charge is -2.37. The summed E-state index contributed by atoms with van der Waals surface area (Å²) < 4.78 is 5.47. The van der Waals surface area contributed by atoms with Gasteiger partial charge in [-0.15, -0.1) is 0 Å². The van der Waals surface area contributed by atoms with Crippen LogP contribution < -0.4 is 9.64 Å². The maximum absolute atomic E-state index is 13.1. The molecule has 0 aromatic heterocycles. The van der Waals surface area contributed by atoms with Gasteiger partial charge in [0.2, 0.25) is 11.8 Å². The van der Waals surface area contributed by atoms with Gasteiger partial charge in [0.1, 0.15) is 5.75 Å². The van der Waals surface area contributed by atoms with Gasteiger partial charge in [-0.05, 0) is 24.6 Å². The van der Waals surface area contributed by atoms with Crippen LogP contribution in [0.15, 0.2) is 54.6 Å². The highest BCUT2D eigenvalue weighted by Gasteiger charge is 2.39. The highest BCUT2D eigenvalue weighted by Crippen LogP contribution is 2.31. The molecule has 0 aliphatic carbocycles.